The predicted molar refractivity (Wildman–Crippen MR) is 159 cm³/mol. The van der Waals surface area contributed by atoms with E-state index in [9.17, 15) is 24.6 Å². The summed E-state index contributed by atoms with van der Waals surface area (Å²) in [6.45, 7) is 9.24. The number of likely N-dealkylation sites (tertiary alicyclic amines) is 1. The third kappa shape index (κ3) is 5.84. The highest BCUT2D eigenvalue weighted by molar-refractivity contribution is 8.22. The molecule has 5 atom stereocenters. The van der Waals surface area contributed by atoms with Crippen molar-refractivity contribution in [2.24, 2.45) is 16.7 Å². The van der Waals surface area contributed by atoms with Crippen molar-refractivity contribution in [2.75, 3.05) is 18.6 Å². The van der Waals surface area contributed by atoms with Crippen LogP contribution >= 0.6 is 23.5 Å². The molecule has 1 aromatic rings. The van der Waals surface area contributed by atoms with Gasteiger partial charge in [-0.15, -0.1) is 23.5 Å². The van der Waals surface area contributed by atoms with Crippen LogP contribution < -0.4 is 5.32 Å². The first kappa shape index (κ1) is 30.6. The Morgan fingerprint density at radius 1 is 1.20 bits per heavy atom. The molecule has 220 valence electrons. The highest BCUT2D eigenvalue weighted by Crippen LogP contribution is 2.66. The maximum atomic E-state index is 13.9. The van der Waals surface area contributed by atoms with Gasteiger partial charge in [0.05, 0.1) is 0 Å². The van der Waals surface area contributed by atoms with Crippen LogP contribution in [-0.4, -0.2) is 69.6 Å². The first-order chi connectivity index (χ1) is 18.9. The van der Waals surface area contributed by atoms with Crippen molar-refractivity contribution in [3.05, 3.63) is 34.1 Å². The lowest BCUT2D eigenvalue weighted by atomic mass is 9.70. The van der Waals surface area contributed by atoms with E-state index in [1.807, 2.05) is 13.2 Å². The average Bonchev–Trinajstić information content (AvgIpc) is 3.55. The summed E-state index contributed by atoms with van der Waals surface area (Å²) in [5.41, 5.74) is 0.167. The smallest absolute Gasteiger partial charge is 0.329 e. The number of ether oxygens (including phenoxy) is 1. The van der Waals surface area contributed by atoms with Crippen molar-refractivity contribution in [2.45, 2.75) is 84.4 Å². The van der Waals surface area contributed by atoms with Gasteiger partial charge in [-0.05, 0) is 74.3 Å². The Bertz CT molecular complexity index is 1170. The van der Waals surface area contributed by atoms with Gasteiger partial charge >= 0.3 is 5.97 Å². The molecule has 2 saturated carbocycles. The quantitative estimate of drug-likeness (QED) is 0.249. The molecule has 2 aliphatic carbocycles. The number of thioether (sulfide) groups is 2. The van der Waals surface area contributed by atoms with Crippen molar-refractivity contribution in [1.82, 2.24) is 10.2 Å². The number of nitrogens with one attached hydrogen (secondary N) is 1. The summed E-state index contributed by atoms with van der Waals surface area (Å²) >= 11 is 3.06. The van der Waals surface area contributed by atoms with Gasteiger partial charge in [-0.25, -0.2) is 4.79 Å². The molecule has 0 spiro atoms. The third-order valence-electron chi connectivity index (χ3n) is 9.59. The number of esters is 1. The topological polar surface area (TPSA) is 116 Å². The van der Waals surface area contributed by atoms with Crippen molar-refractivity contribution in [3.63, 3.8) is 0 Å². The number of phenols is 2. The van der Waals surface area contributed by atoms with Gasteiger partial charge < -0.3 is 25.2 Å². The lowest BCUT2D eigenvalue weighted by Crippen LogP contribution is -2.53. The minimum absolute atomic E-state index is 0.0660. The molecule has 1 aliphatic heterocycles. The number of allylic oxidation sites excluding steroid dienone is 1. The van der Waals surface area contributed by atoms with Gasteiger partial charge in [0.2, 0.25) is 5.91 Å². The largest absolute Gasteiger partial charge is 0.504 e. The second-order valence-electron chi connectivity index (χ2n) is 11.9. The number of carbonyl (C=O) groups is 3. The van der Waals surface area contributed by atoms with Gasteiger partial charge in [-0.2, -0.15) is 0 Å². The highest BCUT2D eigenvalue weighted by Gasteiger charge is 2.63. The van der Waals surface area contributed by atoms with Gasteiger partial charge in [-0.1, -0.05) is 33.8 Å². The average molecular weight is 591 g/mol. The number of phenolic OH excluding ortho intramolecular Hbond substituents is 2. The first-order valence-corrected chi connectivity index (χ1v) is 16.3. The van der Waals surface area contributed by atoms with E-state index in [0.29, 0.717) is 25.3 Å². The monoisotopic (exact) mass is 590 g/mol. The molecular weight excluding hydrogens is 548 g/mol. The summed E-state index contributed by atoms with van der Waals surface area (Å²) < 4.78 is 7.20. The summed E-state index contributed by atoms with van der Waals surface area (Å²) in [6, 6.07) is 2.21. The zero-order valence-electron chi connectivity index (χ0n) is 24.1. The molecule has 3 fully saturated rings. The van der Waals surface area contributed by atoms with Crippen molar-refractivity contribution in [3.8, 4) is 11.5 Å². The van der Waals surface area contributed by atoms with Gasteiger partial charge in [-0.3, -0.25) is 9.59 Å². The highest BCUT2D eigenvalue weighted by atomic mass is 32.2. The van der Waals surface area contributed by atoms with E-state index in [1.54, 1.807) is 16.7 Å². The van der Waals surface area contributed by atoms with Crippen LogP contribution in [-0.2, 0) is 14.3 Å². The third-order valence-corrected chi connectivity index (χ3v) is 12.0. The van der Waals surface area contributed by atoms with Crippen molar-refractivity contribution < 1.29 is 29.3 Å². The number of hydrogen-bond donors (Lipinski definition) is 3. The van der Waals surface area contributed by atoms with Crippen LogP contribution in [0.25, 0.3) is 0 Å². The van der Waals surface area contributed by atoms with E-state index in [0.717, 1.165) is 36.0 Å². The van der Waals surface area contributed by atoms with Gasteiger partial charge in [0.1, 0.15) is 18.2 Å². The summed E-state index contributed by atoms with van der Waals surface area (Å²) in [4.78, 5) is 42.1. The van der Waals surface area contributed by atoms with Crippen LogP contribution in [0.3, 0.4) is 0 Å². The number of benzene rings is 1. The summed E-state index contributed by atoms with van der Waals surface area (Å²) in [7, 11) is 0. The number of carbonyl (C=O) groups excluding carboxylic acids is 3. The Morgan fingerprint density at radius 3 is 2.55 bits per heavy atom. The van der Waals surface area contributed by atoms with Crippen LogP contribution in [0.2, 0.25) is 0 Å². The molecule has 4 rings (SSSR count). The predicted octanol–water partition coefficient (Wildman–Crippen LogP) is 5.29. The standard InChI is InChI=1S/C30H42N2O6S2/c1-6-8-25(39-5)40-17-20(31-26(35)18-10-11-22(33)23(34)15-18)27(36)32-14-7-9-21(32)28(37)38-24-16-19-12-13-30(24,4)29(19,2)3/h8,10-11,15,19-21,24,33-34H,6-7,9,12-14,16-17H2,1-5H3,(H,31,35)/b25-8+/t19?,20?,21?,24-,30?/m1/s1. The minimum Gasteiger partial charge on any atom is -0.504 e. The van der Waals surface area contributed by atoms with Crippen LogP contribution in [0, 0.1) is 16.7 Å². The molecule has 10 heteroatoms. The SMILES string of the molecule is CC/C=C(\SC)SCC(NC(=O)c1ccc(O)c(O)c1)C(=O)N1CCCC1C(=O)O[C@@H]1CC2CCC1(C)C2(C)C. The maximum absolute atomic E-state index is 13.9. The van der Waals surface area contributed by atoms with Crippen molar-refractivity contribution >= 4 is 41.3 Å². The second-order valence-corrected chi connectivity index (χ2v) is 14.1. The Labute approximate surface area is 245 Å². The van der Waals surface area contributed by atoms with E-state index in [1.165, 1.54) is 23.9 Å². The summed E-state index contributed by atoms with van der Waals surface area (Å²) in [5, 5.41) is 22.3. The molecule has 2 amide bonds. The van der Waals surface area contributed by atoms with Crippen LogP contribution in [0.15, 0.2) is 28.5 Å². The number of hydrogen-bond acceptors (Lipinski definition) is 8. The molecule has 3 aliphatic rings. The first-order valence-electron chi connectivity index (χ1n) is 14.1. The molecule has 0 aromatic heterocycles. The fourth-order valence-corrected chi connectivity index (χ4v) is 8.47. The molecule has 8 nitrogen and oxygen atoms in total. The van der Waals surface area contributed by atoms with E-state index < -0.39 is 23.7 Å². The lowest BCUT2D eigenvalue weighted by Gasteiger charge is -2.39. The van der Waals surface area contributed by atoms with Gasteiger partial charge in [0.25, 0.3) is 5.91 Å². The molecule has 3 N–H and O–H groups in total. The van der Waals surface area contributed by atoms with Gasteiger partial charge in [0, 0.05) is 27.5 Å². The number of aromatic hydroxyl groups is 2. The molecule has 2 bridgehead atoms. The fourth-order valence-electron chi connectivity index (χ4n) is 6.62. The molecule has 40 heavy (non-hydrogen) atoms. The molecule has 0 radical (unpaired) electrons. The second kappa shape index (κ2) is 12.3. The Kier molecular flexibility index (Phi) is 9.39. The summed E-state index contributed by atoms with van der Waals surface area (Å²) in [6.07, 6.45) is 9.02. The molecular formula is C30H42N2O6S2. The van der Waals surface area contributed by atoms with E-state index >= 15 is 0 Å². The van der Waals surface area contributed by atoms with Crippen LogP contribution in [0.1, 0.15) is 76.6 Å². The Morgan fingerprint density at radius 2 is 1.95 bits per heavy atom. The summed E-state index contributed by atoms with van der Waals surface area (Å²) in [5.74, 6) is -1.14. The van der Waals surface area contributed by atoms with Crippen LogP contribution in [0.5, 0.6) is 11.5 Å². The number of amides is 2. The molecule has 1 heterocycles. The molecule has 1 aromatic carbocycles. The van der Waals surface area contributed by atoms with E-state index in [-0.39, 0.29) is 45.9 Å². The zero-order chi connectivity index (χ0) is 29.2. The number of nitrogens with zero attached hydrogens (tertiary/aromatic N) is 1. The number of rotatable bonds is 10. The number of fused-ring (bicyclic) bond motifs is 2. The molecule has 1 saturated heterocycles. The Balaban J connectivity index is 1.50. The lowest BCUT2D eigenvalue weighted by molar-refractivity contribution is -0.165. The fraction of sp³-hybridized carbons (Fsp3) is 0.633. The van der Waals surface area contributed by atoms with Crippen molar-refractivity contribution in [1.29, 1.82) is 0 Å². The normalized spacial score (nSPS) is 28.0. The van der Waals surface area contributed by atoms with E-state index in [2.05, 4.69) is 32.2 Å². The maximum Gasteiger partial charge on any atom is 0.329 e. The molecule has 4 unspecified atom stereocenters. The minimum atomic E-state index is -0.895. The van der Waals surface area contributed by atoms with Crippen LogP contribution in [0.4, 0.5) is 0 Å². The van der Waals surface area contributed by atoms with Gasteiger partial charge in [0.15, 0.2) is 11.5 Å². The Hall–Kier alpha value is -2.33. The zero-order valence-corrected chi connectivity index (χ0v) is 25.7. The van der Waals surface area contributed by atoms with E-state index in [4.69, 9.17) is 4.74 Å².